The van der Waals surface area contributed by atoms with Crippen molar-refractivity contribution in [2.24, 2.45) is 5.73 Å². The van der Waals surface area contributed by atoms with Crippen molar-refractivity contribution >= 4 is 34.9 Å². The van der Waals surface area contributed by atoms with Crippen molar-refractivity contribution in [1.82, 2.24) is 4.98 Å². The van der Waals surface area contributed by atoms with E-state index >= 15 is 0 Å². The lowest BCUT2D eigenvalue weighted by molar-refractivity contribution is 0.102. The number of amides is 1. The van der Waals surface area contributed by atoms with Gasteiger partial charge in [0.05, 0.1) is 17.1 Å². The van der Waals surface area contributed by atoms with Crippen molar-refractivity contribution in [3.8, 4) is 11.8 Å². The summed E-state index contributed by atoms with van der Waals surface area (Å²) in [4.78, 5) is 16.3. The maximum absolute atomic E-state index is 12.1. The maximum atomic E-state index is 12.1. The molecule has 2 aromatic rings. The second-order valence-electron chi connectivity index (χ2n) is 3.99. The summed E-state index contributed by atoms with van der Waals surface area (Å²) in [5.41, 5.74) is 6.15. The summed E-state index contributed by atoms with van der Waals surface area (Å²) < 4.78 is 0. The van der Waals surface area contributed by atoms with Crippen LogP contribution in [0, 0.1) is 11.8 Å². The number of aromatic nitrogens is 1. The quantitative estimate of drug-likeness (QED) is 0.836. The van der Waals surface area contributed by atoms with Gasteiger partial charge in [0, 0.05) is 5.02 Å². The van der Waals surface area contributed by atoms with E-state index in [0.29, 0.717) is 22.1 Å². The molecular formula is C15H11Cl2N3O. The zero-order chi connectivity index (χ0) is 15.2. The SMILES string of the molecule is NCC#Cc1cccc(NC(=O)c2ccc(Cl)cc2Cl)n1. The number of carbonyl (C=O) groups is 1. The summed E-state index contributed by atoms with van der Waals surface area (Å²) in [5.74, 6) is 5.51. The van der Waals surface area contributed by atoms with Gasteiger partial charge in [-0.25, -0.2) is 4.98 Å². The molecule has 0 spiro atoms. The van der Waals surface area contributed by atoms with E-state index in [2.05, 4.69) is 22.1 Å². The van der Waals surface area contributed by atoms with Gasteiger partial charge in [-0.1, -0.05) is 35.2 Å². The first-order valence-electron chi connectivity index (χ1n) is 6.02. The Hall–Kier alpha value is -2.06. The smallest absolute Gasteiger partial charge is 0.258 e. The van der Waals surface area contributed by atoms with Crippen LogP contribution in [0.3, 0.4) is 0 Å². The molecule has 0 saturated heterocycles. The molecule has 21 heavy (non-hydrogen) atoms. The predicted octanol–water partition coefficient (Wildman–Crippen LogP) is 2.95. The molecule has 1 aromatic heterocycles. The monoisotopic (exact) mass is 319 g/mol. The molecular weight excluding hydrogens is 309 g/mol. The number of hydrogen-bond donors (Lipinski definition) is 2. The number of hydrogen-bond acceptors (Lipinski definition) is 3. The molecule has 0 fully saturated rings. The molecule has 1 amide bonds. The third-order valence-electron chi connectivity index (χ3n) is 2.48. The number of anilines is 1. The van der Waals surface area contributed by atoms with Gasteiger partial charge in [-0.05, 0) is 36.3 Å². The van der Waals surface area contributed by atoms with Crippen molar-refractivity contribution in [3.63, 3.8) is 0 Å². The van der Waals surface area contributed by atoms with Crippen molar-refractivity contribution < 1.29 is 4.79 Å². The minimum atomic E-state index is -0.367. The third kappa shape index (κ3) is 4.20. The highest BCUT2D eigenvalue weighted by Crippen LogP contribution is 2.21. The zero-order valence-electron chi connectivity index (χ0n) is 10.9. The largest absolute Gasteiger partial charge is 0.320 e. The molecule has 0 radical (unpaired) electrons. The topological polar surface area (TPSA) is 68.0 Å². The number of rotatable bonds is 2. The Labute approximate surface area is 132 Å². The van der Waals surface area contributed by atoms with Crippen LogP contribution < -0.4 is 11.1 Å². The molecule has 0 unspecified atom stereocenters. The van der Waals surface area contributed by atoms with Gasteiger partial charge < -0.3 is 11.1 Å². The Morgan fingerprint density at radius 1 is 1.29 bits per heavy atom. The number of nitrogens with zero attached hydrogens (tertiary/aromatic N) is 1. The molecule has 1 heterocycles. The van der Waals surface area contributed by atoms with E-state index < -0.39 is 0 Å². The highest BCUT2D eigenvalue weighted by atomic mass is 35.5. The molecule has 0 aliphatic carbocycles. The summed E-state index contributed by atoms with van der Waals surface area (Å²) >= 11 is 11.8. The lowest BCUT2D eigenvalue weighted by Crippen LogP contribution is -2.13. The van der Waals surface area contributed by atoms with Gasteiger partial charge in [0.1, 0.15) is 11.5 Å². The van der Waals surface area contributed by atoms with E-state index in [-0.39, 0.29) is 17.5 Å². The summed E-state index contributed by atoms with van der Waals surface area (Å²) in [6.07, 6.45) is 0. The van der Waals surface area contributed by atoms with Crippen molar-refractivity contribution in [2.45, 2.75) is 0 Å². The molecule has 0 atom stereocenters. The van der Waals surface area contributed by atoms with Gasteiger partial charge >= 0.3 is 0 Å². The Morgan fingerprint density at radius 2 is 2.10 bits per heavy atom. The lowest BCUT2D eigenvalue weighted by atomic mass is 10.2. The first-order valence-corrected chi connectivity index (χ1v) is 6.78. The number of benzene rings is 1. The summed E-state index contributed by atoms with van der Waals surface area (Å²) in [5, 5.41) is 3.40. The third-order valence-corrected chi connectivity index (χ3v) is 3.03. The fraction of sp³-hybridized carbons (Fsp3) is 0.0667. The van der Waals surface area contributed by atoms with Crippen LogP contribution in [-0.2, 0) is 0 Å². The second kappa shape index (κ2) is 7.09. The minimum Gasteiger partial charge on any atom is -0.320 e. The van der Waals surface area contributed by atoms with Gasteiger partial charge in [-0.3, -0.25) is 4.79 Å². The van der Waals surface area contributed by atoms with Crippen molar-refractivity contribution in [3.05, 3.63) is 57.7 Å². The number of pyridine rings is 1. The first kappa shape index (κ1) is 15.3. The average molecular weight is 320 g/mol. The Kier molecular flexibility index (Phi) is 5.18. The number of halogens is 2. The maximum Gasteiger partial charge on any atom is 0.258 e. The number of nitrogens with two attached hydrogens (primary N) is 1. The Balaban J connectivity index is 2.19. The van der Waals surface area contributed by atoms with E-state index in [1.54, 1.807) is 30.3 Å². The molecule has 1 aromatic carbocycles. The molecule has 0 bridgehead atoms. The molecule has 0 aliphatic heterocycles. The summed E-state index contributed by atoms with van der Waals surface area (Å²) in [6, 6.07) is 9.79. The zero-order valence-corrected chi connectivity index (χ0v) is 12.4. The molecule has 6 heteroatoms. The molecule has 0 aliphatic rings. The van der Waals surface area contributed by atoms with Crippen LogP contribution in [0.15, 0.2) is 36.4 Å². The van der Waals surface area contributed by atoms with Crippen LogP contribution in [0.5, 0.6) is 0 Å². The van der Waals surface area contributed by atoms with Crippen LogP contribution >= 0.6 is 23.2 Å². The number of nitrogens with one attached hydrogen (secondary N) is 1. The van der Waals surface area contributed by atoms with Gasteiger partial charge in [0.15, 0.2) is 0 Å². The van der Waals surface area contributed by atoms with Gasteiger partial charge in [-0.15, -0.1) is 0 Å². The highest BCUT2D eigenvalue weighted by molar-refractivity contribution is 6.37. The normalized spacial score (nSPS) is 9.67. The molecule has 2 rings (SSSR count). The summed E-state index contributed by atoms with van der Waals surface area (Å²) in [6.45, 7) is 0.249. The predicted molar refractivity (Wildman–Crippen MR) is 84.6 cm³/mol. The van der Waals surface area contributed by atoms with Crippen molar-refractivity contribution in [2.75, 3.05) is 11.9 Å². The van der Waals surface area contributed by atoms with Crippen LogP contribution in [0.2, 0.25) is 10.0 Å². The van der Waals surface area contributed by atoms with Crippen molar-refractivity contribution in [1.29, 1.82) is 0 Å². The first-order chi connectivity index (χ1) is 10.1. The molecule has 106 valence electrons. The second-order valence-corrected chi connectivity index (χ2v) is 4.84. The van der Waals surface area contributed by atoms with Gasteiger partial charge in [0.25, 0.3) is 5.91 Å². The highest BCUT2D eigenvalue weighted by Gasteiger charge is 2.11. The standard InChI is InChI=1S/C15H11Cl2N3O/c16-10-6-7-12(13(17)9-10)15(21)20-14-5-1-3-11(19-14)4-2-8-18/h1,3,5-7,9H,8,18H2,(H,19,20,21). The molecule has 4 nitrogen and oxygen atoms in total. The van der Waals surface area contributed by atoms with Crippen LogP contribution in [-0.4, -0.2) is 17.4 Å². The fourth-order valence-electron chi connectivity index (χ4n) is 1.57. The van der Waals surface area contributed by atoms with Gasteiger partial charge in [-0.2, -0.15) is 0 Å². The molecule has 3 N–H and O–H groups in total. The number of carbonyl (C=O) groups excluding carboxylic acids is 1. The van der Waals surface area contributed by atoms with E-state index in [4.69, 9.17) is 28.9 Å². The van der Waals surface area contributed by atoms with Crippen LogP contribution in [0.25, 0.3) is 0 Å². The summed E-state index contributed by atoms with van der Waals surface area (Å²) in [7, 11) is 0. The van der Waals surface area contributed by atoms with E-state index in [1.807, 2.05) is 0 Å². The Bertz CT molecular complexity index is 735. The Morgan fingerprint density at radius 3 is 2.81 bits per heavy atom. The minimum absolute atomic E-state index is 0.249. The van der Waals surface area contributed by atoms with Gasteiger partial charge in [0.2, 0.25) is 0 Å². The lowest BCUT2D eigenvalue weighted by Gasteiger charge is -2.06. The van der Waals surface area contributed by atoms with E-state index in [9.17, 15) is 4.79 Å². The fourth-order valence-corrected chi connectivity index (χ4v) is 2.07. The van der Waals surface area contributed by atoms with Crippen LogP contribution in [0.1, 0.15) is 16.1 Å². The van der Waals surface area contributed by atoms with E-state index in [1.165, 1.54) is 6.07 Å². The van der Waals surface area contributed by atoms with Crippen LogP contribution in [0.4, 0.5) is 5.82 Å². The molecule has 0 saturated carbocycles. The van der Waals surface area contributed by atoms with E-state index in [0.717, 1.165) is 0 Å². The average Bonchev–Trinajstić information content (AvgIpc) is 2.45.